The molecule has 0 aromatic heterocycles. The number of ether oxygens (including phenoxy) is 1. The summed E-state index contributed by atoms with van der Waals surface area (Å²) in [5.41, 5.74) is 5.46. The van der Waals surface area contributed by atoms with Gasteiger partial charge in [-0.1, -0.05) is 12.8 Å². The number of carbonyl (C=O) groups excluding carboxylic acids is 1. The van der Waals surface area contributed by atoms with Crippen molar-refractivity contribution in [1.29, 1.82) is 0 Å². The smallest absolute Gasteiger partial charge is 0.407 e. The Bertz CT molecular complexity index is 294. The first-order chi connectivity index (χ1) is 9.33. The molecule has 1 saturated heterocycles. The van der Waals surface area contributed by atoms with Crippen molar-refractivity contribution in [2.24, 2.45) is 5.73 Å². The van der Waals surface area contributed by atoms with Gasteiger partial charge < -0.3 is 15.8 Å². The van der Waals surface area contributed by atoms with Crippen LogP contribution in [0.15, 0.2) is 0 Å². The molecule has 3 N–H and O–H groups in total. The van der Waals surface area contributed by atoms with Crippen molar-refractivity contribution >= 4 is 6.09 Å². The molecule has 1 heterocycles. The van der Waals surface area contributed by atoms with Gasteiger partial charge in [-0.3, -0.25) is 4.90 Å². The van der Waals surface area contributed by atoms with Crippen LogP contribution in [0.25, 0.3) is 0 Å². The predicted octanol–water partition coefficient (Wildman–Crippen LogP) is 2.10. The Kier molecular flexibility index (Phi) is 6.76. The summed E-state index contributed by atoms with van der Waals surface area (Å²) in [5.74, 6) is 0. The maximum absolute atomic E-state index is 11.8. The summed E-state index contributed by atoms with van der Waals surface area (Å²) in [5, 5.41) is 2.92. The quantitative estimate of drug-likeness (QED) is 0.830. The molecule has 5 heteroatoms. The zero-order valence-electron chi connectivity index (χ0n) is 13.4. The first-order valence-corrected chi connectivity index (χ1v) is 7.77. The second-order valence-corrected chi connectivity index (χ2v) is 6.69. The van der Waals surface area contributed by atoms with E-state index in [9.17, 15) is 4.79 Å². The van der Waals surface area contributed by atoms with Crippen molar-refractivity contribution < 1.29 is 9.53 Å². The van der Waals surface area contributed by atoms with Crippen molar-refractivity contribution in [2.45, 2.75) is 71.1 Å². The van der Waals surface area contributed by atoms with Crippen LogP contribution < -0.4 is 11.1 Å². The van der Waals surface area contributed by atoms with Crippen LogP contribution in [0.4, 0.5) is 4.79 Å². The molecule has 0 spiro atoms. The SMILES string of the molecule is CC(NC(=O)OC(C)(C)C)C(CN)N1CCCCCC1. The van der Waals surface area contributed by atoms with Crippen LogP contribution in [0.3, 0.4) is 0 Å². The highest BCUT2D eigenvalue weighted by Crippen LogP contribution is 2.14. The molecule has 1 rings (SSSR count). The van der Waals surface area contributed by atoms with Gasteiger partial charge in [-0.15, -0.1) is 0 Å². The second-order valence-electron chi connectivity index (χ2n) is 6.69. The van der Waals surface area contributed by atoms with Crippen LogP contribution in [0.2, 0.25) is 0 Å². The van der Waals surface area contributed by atoms with Crippen LogP contribution in [0.1, 0.15) is 53.4 Å². The van der Waals surface area contributed by atoms with E-state index in [0.717, 1.165) is 13.1 Å². The lowest BCUT2D eigenvalue weighted by molar-refractivity contribution is 0.0471. The van der Waals surface area contributed by atoms with E-state index in [4.69, 9.17) is 10.5 Å². The van der Waals surface area contributed by atoms with Gasteiger partial charge in [-0.2, -0.15) is 0 Å². The standard InChI is InChI=1S/C15H31N3O2/c1-12(17-14(19)20-15(2,3)4)13(11-16)18-9-7-5-6-8-10-18/h12-13H,5-11,16H2,1-4H3,(H,17,19). The number of nitrogens with zero attached hydrogens (tertiary/aromatic N) is 1. The van der Waals surface area contributed by atoms with E-state index in [2.05, 4.69) is 10.2 Å². The van der Waals surface area contributed by atoms with Crippen molar-refractivity contribution in [3.8, 4) is 0 Å². The van der Waals surface area contributed by atoms with Gasteiger partial charge in [0.05, 0.1) is 0 Å². The number of alkyl carbamates (subject to hydrolysis) is 1. The van der Waals surface area contributed by atoms with Gasteiger partial charge in [0.15, 0.2) is 0 Å². The van der Waals surface area contributed by atoms with Gasteiger partial charge in [0.2, 0.25) is 0 Å². The Morgan fingerprint density at radius 1 is 1.25 bits per heavy atom. The third-order valence-corrected chi connectivity index (χ3v) is 3.67. The average Bonchev–Trinajstić information content (AvgIpc) is 2.56. The summed E-state index contributed by atoms with van der Waals surface area (Å²) >= 11 is 0. The highest BCUT2D eigenvalue weighted by molar-refractivity contribution is 5.68. The Morgan fingerprint density at radius 2 is 1.80 bits per heavy atom. The van der Waals surface area contributed by atoms with E-state index < -0.39 is 5.60 Å². The van der Waals surface area contributed by atoms with Crippen LogP contribution in [-0.4, -0.2) is 48.3 Å². The van der Waals surface area contributed by atoms with E-state index >= 15 is 0 Å². The molecule has 0 aliphatic carbocycles. The predicted molar refractivity (Wildman–Crippen MR) is 81.7 cm³/mol. The molecule has 1 amide bonds. The summed E-state index contributed by atoms with van der Waals surface area (Å²) in [6.07, 6.45) is 4.66. The van der Waals surface area contributed by atoms with E-state index in [-0.39, 0.29) is 18.2 Å². The van der Waals surface area contributed by atoms with Gasteiger partial charge in [0.1, 0.15) is 5.60 Å². The number of rotatable bonds is 4. The molecule has 0 aromatic carbocycles. The van der Waals surface area contributed by atoms with Crippen molar-refractivity contribution in [1.82, 2.24) is 10.2 Å². The first-order valence-electron chi connectivity index (χ1n) is 7.77. The molecular formula is C15H31N3O2. The van der Waals surface area contributed by atoms with Gasteiger partial charge in [-0.25, -0.2) is 4.79 Å². The molecule has 5 nitrogen and oxygen atoms in total. The Balaban J connectivity index is 2.53. The first kappa shape index (κ1) is 17.2. The molecule has 0 bridgehead atoms. The van der Waals surface area contributed by atoms with E-state index in [1.807, 2.05) is 27.7 Å². The van der Waals surface area contributed by atoms with Crippen LogP contribution in [0, 0.1) is 0 Å². The molecule has 2 atom stereocenters. The fourth-order valence-electron chi connectivity index (χ4n) is 2.69. The average molecular weight is 285 g/mol. The normalized spacial score (nSPS) is 20.9. The Hall–Kier alpha value is -0.810. The number of nitrogens with one attached hydrogen (secondary N) is 1. The van der Waals surface area contributed by atoms with Crippen molar-refractivity contribution in [3.63, 3.8) is 0 Å². The van der Waals surface area contributed by atoms with Crippen LogP contribution in [0.5, 0.6) is 0 Å². The summed E-state index contributed by atoms with van der Waals surface area (Å²) in [4.78, 5) is 14.3. The maximum atomic E-state index is 11.8. The van der Waals surface area contributed by atoms with Gasteiger partial charge >= 0.3 is 6.09 Å². The summed E-state index contributed by atoms with van der Waals surface area (Å²) < 4.78 is 5.31. The van der Waals surface area contributed by atoms with Gasteiger partial charge in [-0.05, 0) is 53.6 Å². The highest BCUT2D eigenvalue weighted by atomic mass is 16.6. The van der Waals surface area contributed by atoms with Crippen LogP contribution in [-0.2, 0) is 4.74 Å². The number of hydrogen-bond donors (Lipinski definition) is 2. The summed E-state index contributed by atoms with van der Waals surface area (Å²) in [7, 11) is 0. The largest absolute Gasteiger partial charge is 0.444 e. The van der Waals surface area contributed by atoms with Crippen LogP contribution >= 0.6 is 0 Å². The highest BCUT2D eigenvalue weighted by Gasteiger charge is 2.26. The molecule has 1 aliphatic rings. The minimum atomic E-state index is -0.468. The number of hydrogen-bond acceptors (Lipinski definition) is 4. The van der Waals surface area contributed by atoms with Gasteiger partial charge in [0.25, 0.3) is 0 Å². The lowest BCUT2D eigenvalue weighted by Gasteiger charge is -2.34. The lowest BCUT2D eigenvalue weighted by Crippen LogP contribution is -2.54. The summed E-state index contributed by atoms with van der Waals surface area (Å²) in [6.45, 7) is 10.3. The molecule has 1 aliphatic heterocycles. The molecular weight excluding hydrogens is 254 g/mol. The molecule has 0 aromatic rings. The second kappa shape index (κ2) is 7.84. The van der Waals surface area contributed by atoms with Crippen molar-refractivity contribution in [2.75, 3.05) is 19.6 Å². The Labute approximate surface area is 123 Å². The van der Waals surface area contributed by atoms with Crippen molar-refractivity contribution in [3.05, 3.63) is 0 Å². The Morgan fingerprint density at radius 3 is 2.25 bits per heavy atom. The fraction of sp³-hybridized carbons (Fsp3) is 0.933. The van der Waals surface area contributed by atoms with Gasteiger partial charge in [0, 0.05) is 18.6 Å². The van der Waals surface area contributed by atoms with E-state index in [1.54, 1.807) is 0 Å². The van der Waals surface area contributed by atoms with E-state index in [0.29, 0.717) is 6.54 Å². The number of likely N-dealkylation sites (tertiary alicyclic amines) is 1. The number of amides is 1. The minimum Gasteiger partial charge on any atom is -0.444 e. The lowest BCUT2D eigenvalue weighted by atomic mass is 10.1. The number of carbonyl (C=O) groups is 1. The third-order valence-electron chi connectivity index (χ3n) is 3.67. The summed E-state index contributed by atoms with van der Waals surface area (Å²) in [6, 6.07) is 0.175. The maximum Gasteiger partial charge on any atom is 0.407 e. The topological polar surface area (TPSA) is 67.6 Å². The molecule has 20 heavy (non-hydrogen) atoms. The van der Waals surface area contributed by atoms with E-state index in [1.165, 1.54) is 25.7 Å². The third kappa shape index (κ3) is 6.09. The number of nitrogens with two attached hydrogens (primary N) is 1. The monoisotopic (exact) mass is 285 g/mol. The fourth-order valence-corrected chi connectivity index (χ4v) is 2.69. The zero-order chi connectivity index (χ0) is 15.2. The minimum absolute atomic E-state index is 0.00653. The molecule has 1 fully saturated rings. The zero-order valence-corrected chi connectivity index (χ0v) is 13.4. The molecule has 0 radical (unpaired) electrons. The molecule has 2 unspecified atom stereocenters. The molecule has 0 saturated carbocycles. The molecule has 118 valence electrons.